The minimum atomic E-state index is -4.94. The van der Waals surface area contributed by atoms with Gasteiger partial charge in [-0.25, -0.2) is 0 Å². The van der Waals surface area contributed by atoms with Crippen molar-refractivity contribution in [2.75, 3.05) is 0 Å². The first-order valence-electron chi connectivity index (χ1n) is 9.32. The highest BCUT2D eigenvalue weighted by Gasteiger charge is 2.42. The summed E-state index contributed by atoms with van der Waals surface area (Å²) in [6.07, 6.45) is -1.36. The molecular formula is C21H30F3NO2. The van der Waals surface area contributed by atoms with E-state index in [1.807, 2.05) is 31.3 Å². The maximum atomic E-state index is 12.7. The maximum Gasteiger partial charge on any atom is 0.471 e. The normalized spacial score (nSPS) is 17.4. The smallest absolute Gasteiger partial charge is 0.365 e. The van der Waals surface area contributed by atoms with Gasteiger partial charge in [-0.15, -0.1) is 6.58 Å². The second-order valence-corrected chi connectivity index (χ2v) is 7.01. The molecule has 0 heterocycles. The minimum Gasteiger partial charge on any atom is -0.365 e. The Bertz CT molecular complexity index is 603. The summed E-state index contributed by atoms with van der Waals surface area (Å²) in [5.74, 6) is -1.92. The van der Waals surface area contributed by atoms with E-state index in [0.717, 1.165) is 12.8 Å². The number of benzene rings is 1. The third-order valence-corrected chi connectivity index (χ3v) is 4.97. The van der Waals surface area contributed by atoms with E-state index in [9.17, 15) is 18.0 Å². The predicted molar refractivity (Wildman–Crippen MR) is 101 cm³/mol. The van der Waals surface area contributed by atoms with Gasteiger partial charge in [0.05, 0.1) is 11.6 Å². The fourth-order valence-corrected chi connectivity index (χ4v) is 3.17. The molecule has 0 saturated heterocycles. The molecule has 0 fully saturated rings. The van der Waals surface area contributed by atoms with Crippen molar-refractivity contribution in [2.45, 2.75) is 70.9 Å². The number of carbonyl (C=O) groups excluding carboxylic acids is 1. The minimum absolute atomic E-state index is 0.0456. The van der Waals surface area contributed by atoms with Crippen molar-refractivity contribution in [1.82, 2.24) is 5.32 Å². The van der Waals surface area contributed by atoms with Crippen LogP contribution in [0.25, 0.3) is 0 Å². The average molecular weight is 385 g/mol. The van der Waals surface area contributed by atoms with Gasteiger partial charge < -0.3 is 10.1 Å². The molecule has 0 aromatic heterocycles. The van der Waals surface area contributed by atoms with Crippen molar-refractivity contribution in [3.8, 4) is 0 Å². The van der Waals surface area contributed by atoms with Gasteiger partial charge in [0.15, 0.2) is 0 Å². The van der Waals surface area contributed by atoms with Crippen molar-refractivity contribution in [2.24, 2.45) is 5.92 Å². The largest absolute Gasteiger partial charge is 0.471 e. The lowest BCUT2D eigenvalue weighted by Crippen LogP contribution is -2.47. The summed E-state index contributed by atoms with van der Waals surface area (Å²) in [6.45, 7) is 11.4. The molecule has 1 aromatic carbocycles. The van der Waals surface area contributed by atoms with Gasteiger partial charge in [0.1, 0.15) is 6.10 Å². The van der Waals surface area contributed by atoms with E-state index in [4.69, 9.17) is 4.74 Å². The van der Waals surface area contributed by atoms with Crippen LogP contribution in [0.4, 0.5) is 13.2 Å². The van der Waals surface area contributed by atoms with Crippen LogP contribution in [0.2, 0.25) is 0 Å². The van der Waals surface area contributed by atoms with Gasteiger partial charge in [-0.2, -0.15) is 13.2 Å². The molecule has 0 bridgehead atoms. The summed E-state index contributed by atoms with van der Waals surface area (Å²) >= 11 is 0. The zero-order valence-electron chi connectivity index (χ0n) is 16.5. The van der Waals surface area contributed by atoms with E-state index in [-0.39, 0.29) is 5.92 Å². The summed E-state index contributed by atoms with van der Waals surface area (Å²) in [5, 5.41) is 2.04. The van der Waals surface area contributed by atoms with E-state index in [1.165, 1.54) is 6.92 Å². The highest BCUT2D eigenvalue weighted by molar-refractivity contribution is 5.82. The molecule has 1 aromatic rings. The Morgan fingerprint density at radius 1 is 1.26 bits per heavy atom. The second-order valence-electron chi connectivity index (χ2n) is 7.01. The predicted octanol–water partition coefficient (Wildman–Crippen LogP) is 5.58. The Balaban J connectivity index is 3.18. The molecule has 0 spiro atoms. The molecule has 1 rings (SSSR count). The number of hydrogen-bond donors (Lipinski definition) is 1. The van der Waals surface area contributed by atoms with E-state index >= 15 is 0 Å². The lowest BCUT2D eigenvalue weighted by atomic mass is 9.83. The van der Waals surface area contributed by atoms with Crippen molar-refractivity contribution < 1.29 is 22.7 Å². The Hall–Kier alpha value is -1.82. The molecule has 4 atom stereocenters. The molecule has 0 radical (unpaired) electrons. The van der Waals surface area contributed by atoms with E-state index in [2.05, 4.69) is 13.5 Å². The zero-order valence-corrected chi connectivity index (χ0v) is 16.5. The molecule has 0 aliphatic rings. The molecule has 27 heavy (non-hydrogen) atoms. The first-order valence-corrected chi connectivity index (χ1v) is 9.32. The fourth-order valence-electron chi connectivity index (χ4n) is 3.17. The summed E-state index contributed by atoms with van der Waals surface area (Å²) in [6, 6.07) is 8.13. The number of halogens is 3. The van der Waals surface area contributed by atoms with Gasteiger partial charge in [0.2, 0.25) is 0 Å². The van der Waals surface area contributed by atoms with Gasteiger partial charge in [-0.3, -0.25) is 4.79 Å². The highest BCUT2D eigenvalue weighted by atomic mass is 19.4. The van der Waals surface area contributed by atoms with Crippen LogP contribution in [0.1, 0.15) is 58.6 Å². The number of amides is 1. The van der Waals surface area contributed by atoms with Crippen LogP contribution in [0, 0.1) is 5.92 Å². The van der Waals surface area contributed by atoms with Crippen LogP contribution >= 0.6 is 0 Å². The van der Waals surface area contributed by atoms with Crippen molar-refractivity contribution in [3.63, 3.8) is 0 Å². The summed E-state index contributed by atoms with van der Waals surface area (Å²) < 4.78 is 44.5. The molecule has 3 nitrogen and oxygen atoms in total. The van der Waals surface area contributed by atoms with Gasteiger partial charge in [0.25, 0.3) is 0 Å². The molecule has 1 amide bonds. The van der Waals surface area contributed by atoms with Gasteiger partial charge >= 0.3 is 12.1 Å². The quantitative estimate of drug-likeness (QED) is 0.534. The standard InChI is InChI=1S/C21H30F3NO2/c1-6-12-17(7-2)20(5,8-3)27-18(16-13-10-9-11-14-16)15(4)25-19(26)21(22,23)24/h7,9-11,13-15,17-18H,2,6,8,12H2,1,3-5H3,(H,25,26)/t15-,17+,18+,20+/m0/s1. The Morgan fingerprint density at radius 2 is 1.85 bits per heavy atom. The molecule has 152 valence electrons. The van der Waals surface area contributed by atoms with Crippen LogP contribution in [0.5, 0.6) is 0 Å². The maximum absolute atomic E-state index is 12.7. The Kier molecular flexibility index (Phi) is 8.54. The summed E-state index contributed by atoms with van der Waals surface area (Å²) in [5.41, 5.74) is 0.0987. The number of alkyl halides is 3. The van der Waals surface area contributed by atoms with Crippen molar-refractivity contribution in [1.29, 1.82) is 0 Å². The fraction of sp³-hybridized carbons (Fsp3) is 0.571. The second kappa shape index (κ2) is 9.93. The number of ether oxygens (including phenoxy) is 1. The molecule has 0 unspecified atom stereocenters. The molecule has 0 aliphatic heterocycles. The van der Waals surface area contributed by atoms with E-state index in [0.29, 0.717) is 12.0 Å². The lowest BCUT2D eigenvalue weighted by Gasteiger charge is -2.40. The molecule has 6 heteroatoms. The molecule has 0 aliphatic carbocycles. The van der Waals surface area contributed by atoms with E-state index < -0.39 is 29.8 Å². The topological polar surface area (TPSA) is 38.3 Å². The third kappa shape index (κ3) is 6.38. The van der Waals surface area contributed by atoms with Crippen LogP contribution < -0.4 is 5.32 Å². The Morgan fingerprint density at radius 3 is 2.30 bits per heavy atom. The van der Waals surface area contributed by atoms with Crippen LogP contribution in [0.3, 0.4) is 0 Å². The van der Waals surface area contributed by atoms with Gasteiger partial charge in [0, 0.05) is 5.92 Å². The third-order valence-electron chi connectivity index (χ3n) is 4.97. The van der Waals surface area contributed by atoms with Crippen molar-refractivity contribution >= 4 is 5.91 Å². The number of rotatable bonds is 10. The van der Waals surface area contributed by atoms with Crippen molar-refractivity contribution in [3.05, 3.63) is 48.6 Å². The van der Waals surface area contributed by atoms with Gasteiger partial charge in [-0.05, 0) is 32.3 Å². The highest BCUT2D eigenvalue weighted by Crippen LogP contribution is 2.37. The Labute approximate surface area is 160 Å². The monoisotopic (exact) mass is 385 g/mol. The lowest BCUT2D eigenvalue weighted by molar-refractivity contribution is -0.177. The SMILES string of the molecule is C=C[C@H](CCC)[C@@](C)(CC)O[C@@H](c1ccccc1)[C@H](C)NC(=O)C(F)(F)F. The zero-order chi connectivity index (χ0) is 20.7. The number of hydrogen-bond acceptors (Lipinski definition) is 2. The first-order chi connectivity index (χ1) is 12.6. The summed E-state index contributed by atoms with van der Waals surface area (Å²) in [4.78, 5) is 11.4. The number of nitrogens with one attached hydrogen (secondary N) is 1. The van der Waals surface area contributed by atoms with Crippen LogP contribution in [-0.4, -0.2) is 23.7 Å². The van der Waals surface area contributed by atoms with Crippen LogP contribution in [0.15, 0.2) is 43.0 Å². The first kappa shape index (κ1) is 23.2. The number of carbonyl (C=O) groups is 1. The average Bonchev–Trinajstić information content (AvgIpc) is 2.63. The van der Waals surface area contributed by atoms with E-state index in [1.54, 1.807) is 24.3 Å². The van der Waals surface area contributed by atoms with Crippen LogP contribution in [-0.2, 0) is 9.53 Å². The van der Waals surface area contributed by atoms with Gasteiger partial charge in [-0.1, -0.05) is 56.7 Å². The summed E-state index contributed by atoms with van der Waals surface area (Å²) in [7, 11) is 0. The molecule has 1 N–H and O–H groups in total. The molecule has 0 saturated carbocycles. The molecular weight excluding hydrogens is 355 g/mol.